The molecule has 0 unspecified atom stereocenters. The van der Waals surface area contributed by atoms with Crippen molar-refractivity contribution in [2.45, 2.75) is 26.4 Å². The van der Waals surface area contributed by atoms with E-state index >= 15 is 0 Å². The molecule has 0 fully saturated rings. The van der Waals surface area contributed by atoms with Gasteiger partial charge in [0.25, 0.3) is 0 Å². The Balaban J connectivity index is 4.13. The molecule has 0 aliphatic carbocycles. The van der Waals surface area contributed by atoms with Gasteiger partial charge in [-0.3, -0.25) is 4.79 Å². The van der Waals surface area contributed by atoms with Gasteiger partial charge in [0.2, 0.25) is 6.10 Å². The van der Waals surface area contributed by atoms with Crippen LogP contribution in [0.5, 0.6) is 0 Å². The van der Waals surface area contributed by atoms with Crippen LogP contribution in [0.3, 0.4) is 0 Å². The van der Waals surface area contributed by atoms with Gasteiger partial charge in [0.05, 0.1) is 13.0 Å². The summed E-state index contributed by atoms with van der Waals surface area (Å²) in [5.74, 6) is -1.30. The Morgan fingerprint density at radius 2 is 2.08 bits per heavy atom. The van der Waals surface area contributed by atoms with Crippen LogP contribution >= 0.6 is 0 Å². The summed E-state index contributed by atoms with van der Waals surface area (Å²) in [6.07, 6.45) is -0.766. The quantitative estimate of drug-likeness (QED) is 0.451. The molecule has 1 atom stereocenters. The van der Waals surface area contributed by atoms with E-state index in [1.807, 2.05) is 0 Å². The zero-order valence-corrected chi connectivity index (χ0v) is 7.61. The first-order chi connectivity index (χ1) is 6.11. The van der Waals surface area contributed by atoms with Crippen molar-refractivity contribution >= 4 is 18.2 Å². The zero-order valence-electron chi connectivity index (χ0n) is 7.61. The summed E-state index contributed by atoms with van der Waals surface area (Å²) in [6.45, 7) is 2.98. The highest BCUT2D eigenvalue weighted by atomic mass is 16.6. The third kappa shape index (κ3) is 4.95. The fourth-order valence-electron chi connectivity index (χ4n) is 0.715. The molecule has 0 saturated heterocycles. The lowest BCUT2D eigenvalue weighted by atomic mass is 10.3. The van der Waals surface area contributed by atoms with Crippen molar-refractivity contribution in [2.75, 3.05) is 6.61 Å². The van der Waals surface area contributed by atoms with Crippen LogP contribution in [-0.2, 0) is 23.9 Å². The number of ether oxygens (including phenoxy) is 2. The Kier molecular flexibility index (Phi) is 5.50. The molecule has 0 aromatic carbocycles. The standard InChI is InChI=1S/C8H12O5/c1-3-12-8(11)7(4-5-9)13-6(2)10/h5,7H,3-4H2,1-2H3/t7-/m0/s1. The van der Waals surface area contributed by atoms with E-state index in [2.05, 4.69) is 9.47 Å². The first-order valence-electron chi connectivity index (χ1n) is 3.89. The Hall–Kier alpha value is -1.39. The lowest BCUT2D eigenvalue weighted by Gasteiger charge is -2.12. The molecule has 0 spiro atoms. The highest BCUT2D eigenvalue weighted by molar-refractivity contribution is 5.81. The lowest BCUT2D eigenvalue weighted by molar-refractivity contribution is -0.166. The zero-order chi connectivity index (χ0) is 10.3. The van der Waals surface area contributed by atoms with Gasteiger partial charge in [0.15, 0.2) is 0 Å². The van der Waals surface area contributed by atoms with Gasteiger partial charge >= 0.3 is 11.9 Å². The molecule has 5 heteroatoms. The number of hydrogen-bond donors (Lipinski definition) is 0. The Labute approximate surface area is 76.0 Å². The number of esters is 2. The van der Waals surface area contributed by atoms with E-state index in [0.29, 0.717) is 6.29 Å². The molecule has 74 valence electrons. The first kappa shape index (κ1) is 11.6. The average molecular weight is 188 g/mol. The van der Waals surface area contributed by atoms with Crippen molar-refractivity contribution in [1.82, 2.24) is 0 Å². The van der Waals surface area contributed by atoms with Crippen LogP contribution in [0, 0.1) is 0 Å². The van der Waals surface area contributed by atoms with Gasteiger partial charge in [-0.05, 0) is 6.92 Å². The Morgan fingerprint density at radius 3 is 2.46 bits per heavy atom. The largest absolute Gasteiger partial charge is 0.463 e. The molecule has 0 amide bonds. The van der Waals surface area contributed by atoms with E-state index in [0.717, 1.165) is 6.92 Å². The van der Waals surface area contributed by atoms with Crippen LogP contribution < -0.4 is 0 Å². The molecule has 0 saturated carbocycles. The molecule has 0 aromatic rings. The van der Waals surface area contributed by atoms with E-state index in [4.69, 9.17) is 0 Å². The van der Waals surface area contributed by atoms with Crippen LogP contribution in [0.15, 0.2) is 0 Å². The van der Waals surface area contributed by atoms with Gasteiger partial charge < -0.3 is 14.3 Å². The summed E-state index contributed by atoms with van der Waals surface area (Å²) < 4.78 is 9.14. The van der Waals surface area contributed by atoms with Gasteiger partial charge in [0, 0.05) is 6.92 Å². The van der Waals surface area contributed by atoms with Gasteiger partial charge in [-0.2, -0.15) is 0 Å². The smallest absolute Gasteiger partial charge is 0.347 e. The molecular formula is C8H12O5. The predicted octanol–water partition coefficient (Wildman–Crippen LogP) is 0.0702. The molecule has 0 aromatic heterocycles. The molecule has 0 N–H and O–H groups in total. The molecule has 0 heterocycles. The Morgan fingerprint density at radius 1 is 1.46 bits per heavy atom. The maximum atomic E-state index is 11.0. The first-order valence-corrected chi connectivity index (χ1v) is 3.89. The predicted molar refractivity (Wildman–Crippen MR) is 42.9 cm³/mol. The molecule has 0 aliphatic rings. The second kappa shape index (κ2) is 6.16. The fraction of sp³-hybridized carbons (Fsp3) is 0.625. The van der Waals surface area contributed by atoms with E-state index in [9.17, 15) is 14.4 Å². The maximum Gasteiger partial charge on any atom is 0.347 e. The summed E-state index contributed by atoms with van der Waals surface area (Å²) in [4.78, 5) is 31.6. The average Bonchev–Trinajstić information content (AvgIpc) is 2.03. The monoisotopic (exact) mass is 188 g/mol. The molecule has 0 aliphatic heterocycles. The third-order valence-corrected chi connectivity index (χ3v) is 1.17. The van der Waals surface area contributed by atoms with Gasteiger partial charge in [0.1, 0.15) is 6.29 Å². The number of carbonyl (C=O) groups excluding carboxylic acids is 3. The highest BCUT2D eigenvalue weighted by Crippen LogP contribution is 2.00. The van der Waals surface area contributed by atoms with Gasteiger partial charge in [-0.25, -0.2) is 4.79 Å². The SMILES string of the molecule is CCOC(=O)[C@H](CC=O)OC(C)=O. The van der Waals surface area contributed by atoms with Crippen molar-refractivity contribution < 1.29 is 23.9 Å². The molecule has 13 heavy (non-hydrogen) atoms. The van der Waals surface area contributed by atoms with Crippen LogP contribution in [0.25, 0.3) is 0 Å². The number of rotatable bonds is 5. The van der Waals surface area contributed by atoms with Crippen molar-refractivity contribution in [3.63, 3.8) is 0 Å². The van der Waals surface area contributed by atoms with E-state index in [-0.39, 0.29) is 13.0 Å². The van der Waals surface area contributed by atoms with Crippen molar-refractivity contribution in [1.29, 1.82) is 0 Å². The van der Waals surface area contributed by atoms with Crippen LogP contribution in [0.4, 0.5) is 0 Å². The molecule has 0 rings (SSSR count). The topological polar surface area (TPSA) is 69.7 Å². The minimum absolute atomic E-state index is 0.168. The van der Waals surface area contributed by atoms with Crippen LogP contribution in [0.1, 0.15) is 20.3 Å². The van der Waals surface area contributed by atoms with Gasteiger partial charge in [-0.15, -0.1) is 0 Å². The Bertz CT molecular complexity index is 199. The van der Waals surface area contributed by atoms with Crippen LogP contribution in [-0.4, -0.2) is 30.9 Å². The lowest BCUT2D eigenvalue weighted by Crippen LogP contribution is -2.28. The second-order valence-electron chi connectivity index (χ2n) is 2.25. The van der Waals surface area contributed by atoms with E-state index < -0.39 is 18.0 Å². The summed E-state index contributed by atoms with van der Waals surface area (Å²) in [6, 6.07) is 0. The summed E-state index contributed by atoms with van der Waals surface area (Å²) in [7, 11) is 0. The van der Waals surface area contributed by atoms with E-state index in [1.54, 1.807) is 6.92 Å². The summed E-state index contributed by atoms with van der Waals surface area (Å²) >= 11 is 0. The van der Waals surface area contributed by atoms with Crippen molar-refractivity contribution in [3.8, 4) is 0 Å². The maximum absolute atomic E-state index is 11.0. The minimum atomic E-state index is -1.10. The summed E-state index contributed by atoms with van der Waals surface area (Å²) in [5.41, 5.74) is 0. The highest BCUT2D eigenvalue weighted by Gasteiger charge is 2.21. The molecule has 0 radical (unpaired) electrons. The van der Waals surface area contributed by atoms with Crippen molar-refractivity contribution in [2.24, 2.45) is 0 Å². The summed E-state index contributed by atoms with van der Waals surface area (Å²) in [5, 5.41) is 0. The third-order valence-electron chi connectivity index (χ3n) is 1.17. The number of carbonyl (C=O) groups is 3. The normalized spacial score (nSPS) is 11.5. The number of hydrogen-bond acceptors (Lipinski definition) is 5. The molecule has 0 bridgehead atoms. The number of aldehydes is 1. The van der Waals surface area contributed by atoms with Crippen LogP contribution in [0.2, 0.25) is 0 Å². The van der Waals surface area contributed by atoms with Crippen molar-refractivity contribution in [3.05, 3.63) is 0 Å². The van der Waals surface area contributed by atoms with Gasteiger partial charge in [-0.1, -0.05) is 0 Å². The molecule has 5 nitrogen and oxygen atoms in total. The second-order valence-corrected chi connectivity index (χ2v) is 2.25. The minimum Gasteiger partial charge on any atom is -0.463 e. The van der Waals surface area contributed by atoms with E-state index in [1.165, 1.54) is 0 Å². The molecular weight excluding hydrogens is 176 g/mol. The fourth-order valence-corrected chi connectivity index (χ4v) is 0.715.